The number of carbonyl (C=O) groups excluding carboxylic acids is 1. The molecule has 3 heterocycles. The van der Waals surface area contributed by atoms with E-state index in [2.05, 4.69) is 15.3 Å². The molecule has 1 aliphatic heterocycles. The summed E-state index contributed by atoms with van der Waals surface area (Å²) in [6.07, 6.45) is 5.31. The smallest absolute Gasteiger partial charge is 0.255 e. The third kappa shape index (κ3) is 4.90. The number of para-hydroxylation sites is 1. The van der Waals surface area contributed by atoms with Gasteiger partial charge in [0.2, 0.25) is 0 Å². The predicted octanol–water partition coefficient (Wildman–Crippen LogP) is 3.88. The summed E-state index contributed by atoms with van der Waals surface area (Å²) >= 11 is 0. The Balaban J connectivity index is 1.35. The molecule has 29 heavy (non-hydrogen) atoms. The topological polar surface area (TPSA) is 67.4 Å². The molecule has 0 unspecified atom stereocenters. The number of nitrogens with one attached hydrogen (secondary N) is 1. The molecule has 1 saturated heterocycles. The summed E-state index contributed by atoms with van der Waals surface area (Å²) in [7, 11) is 1.78. The number of aromatic nitrogens is 2. The third-order valence-corrected chi connectivity index (χ3v) is 5.20. The number of benzene rings is 1. The van der Waals surface area contributed by atoms with Crippen LogP contribution in [-0.2, 0) is 11.3 Å². The second-order valence-electron chi connectivity index (χ2n) is 7.46. The highest BCUT2D eigenvalue weighted by molar-refractivity contribution is 5.93. The number of pyridine rings is 2. The summed E-state index contributed by atoms with van der Waals surface area (Å²) in [5, 5.41) is 4.39. The van der Waals surface area contributed by atoms with E-state index in [1.807, 2.05) is 48.5 Å². The summed E-state index contributed by atoms with van der Waals surface area (Å²) in [6.45, 7) is 2.03. The number of nitrogens with zero attached hydrogens (tertiary/aromatic N) is 3. The molecule has 0 spiro atoms. The fraction of sp³-hybridized carbons (Fsp3) is 0.348. The van der Waals surface area contributed by atoms with Crippen molar-refractivity contribution in [2.45, 2.75) is 31.9 Å². The van der Waals surface area contributed by atoms with Crippen LogP contribution in [0.2, 0.25) is 0 Å². The van der Waals surface area contributed by atoms with E-state index in [0.717, 1.165) is 48.4 Å². The Morgan fingerprint density at radius 3 is 2.86 bits per heavy atom. The van der Waals surface area contributed by atoms with E-state index in [9.17, 15) is 4.79 Å². The number of anilines is 1. The minimum absolute atomic E-state index is 0.0744. The Hall–Kier alpha value is -2.99. The molecule has 1 atom stereocenters. The molecule has 0 radical (unpaired) electrons. The normalized spacial score (nSPS) is 16.5. The van der Waals surface area contributed by atoms with Gasteiger partial charge in [-0.25, -0.2) is 4.98 Å². The van der Waals surface area contributed by atoms with Crippen LogP contribution in [0.25, 0.3) is 10.9 Å². The highest BCUT2D eigenvalue weighted by Gasteiger charge is 2.15. The molecular weight excluding hydrogens is 364 g/mol. The maximum absolute atomic E-state index is 12.7. The molecular formula is C23H26N4O2. The average Bonchev–Trinajstić information content (AvgIpc) is 2.78. The Labute approximate surface area is 170 Å². The Kier molecular flexibility index (Phi) is 6.00. The largest absolute Gasteiger partial charge is 0.376 e. The molecule has 4 rings (SSSR count). The lowest BCUT2D eigenvalue weighted by Gasteiger charge is -2.23. The van der Waals surface area contributed by atoms with Gasteiger partial charge in [-0.3, -0.25) is 9.78 Å². The average molecular weight is 390 g/mol. The van der Waals surface area contributed by atoms with Crippen LogP contribution < -0.4 is 5.32 Å². The second-order valence-corrected chi connectivity index (χ2v) is 7.46. The lowest BCUT2D eigenvalue weighted by molar-refractivity contribution is 0.0247. The second kappa shape index (κ2) is 9.01. The lowest BCUT2D eigenvalue weighted by atomic mass is 10.1. The first-order valence-electron chi connectivity index (χ1n) is 10.1. The molecule has 2 aromatic heterocycles. The van der Waals surface area contributed by atoms with Crippen LogP contribution in [0, 0.1) is 0 Å². The van der Waals surface area contributed by atoms with Gasteiger partial charge in [-0.2, -0.15) is 0 Å². The van der Waals surface area contributed by atoms with Gasteiger partial charge in [-0.1, -0.05) is 24.3 Å². The number of amides is 1. The van der Waals surface area contributed by atoms with Gasteiger partial charge in [0.05, 0.1) is 29.4 Å². The molecule has 0 bridgehead atoms. The van der Waals surface area contributed by atoms with Crippen LogP contribution in [-0.4, -0.2) is 47.1 Å². The van der Waals surface area contributed by atoms with Gasteiger partial charge in [0, 0.05) is 31.8 Å². The first kappa shape index (κ1) is 19.3. The summed E-state index contributed by atoms with van der Waals surface area (Å²) in [5.41, 5.74) is 2.36. The Morgan fingerprint density at radius 2 is 2.07 bits per heavy atom. The van der Waals surface area contributed by atoms with E-state index in [-0.39, 0.29) is 12.0 Å². The van der Waals surface area contributed by atoms with Crippen molar-refractivity contribution in [2.75, 3.05) is 25.5 Å². The van der Waals surface area contributed by atoms with E-state index in [1.165, 1.54) is 6.42 Å². The zero-order chi connectivity index (χ0) is 20.1. The molecule has 1 aliphatic rings. The number of hydrogen-bond acceptors (Lipinski definition) is 5. The van der Waals surface area contributed by atoms with Crippen molar-refractivity contribution in [3.63, 3.8) is 0 Å². The minimum Gasteiger partial charge on any atom is -0.376 e. The molecule has 150 valence electrons. The fourth-order valence-electron chi connectivity index (χ4n) is 3.54. The minimum atomic E-state index is -0.0744. The van der Waals surface area contributed by atoms with E-state index < -0.39 is 0 Å². The number of ether oxygens (including phenoxy) is 1. The number of fused-ring (bicyclic) bond motifs is 1. The van der Waals surface area contributed by atoms with Crippen molar-refractivity contribution in [3.05, 3.63) is 66.0 Å². The van der Waals surface area contributed by atoms with Crippen molar-refractivity contribution >= 4 is 22.6 Å². The van der Waals surface area contributed by atoms with Gasteiger partial charge in [-0.15, -0.1) is 0 Å². The maximum Gasteiger partial charge on any atom is 0.255 e. The zero-order valence-electron chi connectivity index (χ0n) is 16.7. The number of rotatable bonds is 6. The first-order valence-corrected chi connectivity index (χ1v) is 10.1. The molecule has 1 aromatic carbocycles. The summed E-state index contributed by atoms with van der Waals surface area (Å²) in [4.78, 5) is 23.4. The van der Waals surface area contributed by atoms with E-state index in [4.69, 9.17) is 4.74 Å². The van der Waals surface area contributed by atoms with Crippen LogP contribution >= 0.6 is 0 Å². The highest BCUT2D eigenvalue weighted by Crippen LogP contribution is 2.15. The van der Waals surface area contributed by atoms with Crippen LogP contribution in [0.15, 0.2) is 54.7 Å². The SMILES string of the molecule is CN(Cc1ccc2ccccc2n1)C(=O)c1ccc(NC[C@H]2CCCCO2)nc1. The van der Waals surface area contributed by atoms with Crippen molar-refractivity contribution < 1.29 is 9.53 Å². The van der Waals surface area contributed by atoms with Crippen LogP contribution in [0.1, 0.15) is 35.3 Å². The molecule has 1 N–H and O–H groups in total. The third-order valence-electron chi connectivity index (χ3n) is 5.20. The molecule has 0 saturated carbocycles. The van der Waals surface area contributed by atoms with Crippen LogP contribution in [0.5, 0.6) is 0 Å². The quantitative estimate of drug-likeness (QED) is 0.692. The monoisotopic (exact) mass is 390 g/mol. The van der Waals surface area contributed by atoms with Gasteiger partial charge in [0.15, 0.2) is 0 Å². The van der Waals surface area contributed by atoms with Crippen LogP contribution in [0.4, 0.5) is 5.82 Å². The van der Waals surface area contributed by atoms with Crippen molar-refractivity contribution in [1.82, 2.24) is 14.9 Å². The van der Waals surface area contributed by atoms with Crippen molar-refractivity contribution in [2.24, 2.45) is 0 Å². The molecule has 6 nitrogen and oxygen atoms in total. The molecule has 0 aliphatic carbocycles. The van der Waals surface area contributed by atoms with Crippen molar-refractivity contribution in [1.29, 1.82) is 0 Å². The zero-order valence-corrected chi connectivity index (χ0v) is 16.7. The van der Waals surface area contributed by atoms with Crippen LogP contribution in [0.3, 0.4) is 0 Å². The first-order chi connectivity index (χ1) is 14.2. The maximum atomic E-state index is 12.7. The van der Waals surface area contributed by atoms with Gasteiger partial charge in [0.1, 0.15) is 5.82 Å². The lowest BCUT2D eigenvalue weighted by Crippen LogP contribution is -2.28. The van der Waals surface area contributed by atoms with E-state index in [1.54, 1.807) is 18.1 Å². The fourth-order valence-corrected chi connectivity index (χ4v) is 3.54. The summed E-state index contributed by atoms with van der Waals surface area (Å²) in [5.74, 6) is 0.684. The Bertz CT molecular complexity index is 968. The van der Waals surface area contributed by atoms with Gasteiger partial charge in [-0.05, 0) is 43.5 Å². The van der Waals surface area contributed by atoms with Crippen molar-refractivity contribution in [3.8, 4) is 0 Å². The molecule has 6 heteroatoms. The standard InChI is InChI=1S/C23H26N4O2/c1-27(16-19-11-9-17-6-2-3-8-21(17)26-19)23(28)18-10-12-22(24-14-18)25-15-20-7-4-5-13-29-20/h2-3,6,8-12,14,20H,4-5,7,13,15-16H2,1H3,(H,24,25)/t20-/m1/s1. The van der Waals surface area contributed by atoms with Gasteiger partial charge < -0.3 is 15.0 Å². The Morgan fingerprint density at radius 1 is 1.17 bits per heavy atom. The highest BCUT2D eigenvalue weighted by atomic mass is 16.5. The van der Waals surface area contributed by atoms with E-state index >= 15 is 0 Å². The van der Waals surface area contributed by atoms with E-state index in [0.29, 0.717) is 12.1 Å². The number of hydrogen-bond donors (Lipinski definition) is 1. The van der Waals surface area contributed by atoms with Gasteiger partial charge >= 0.3 is 0 Å². The molecule has 3 aromatic rings. The summed E-state index contributed by atoms with van der Waals surface area (Å²) in [6, 6.07) is 15.6. The molecule has 1 amide bonds. The van der Waals surface area contributed by atoms with Gasteiger partial charge in [0.25, 0.3) is 5.91 Å². The summed E-state index contributed by atoms with van der Waals surface area (Å²) < 4.78 is 5.72. The predicted molar refractivity (Wildman–Crippen MR) is 114 cm³/mol. The number of carbonyl (C=O) groups is 1. The molecule has 1 fully saturated rings.